The fraction of sp³-hybridized carbons (Fsp3) is 0.909. The summed E-state index contributed by atoms with van der Waals surface area (Å²) in [5.74, 6) is 8.73. The molecule has 0 radical (unpaired) electrons. The second kappa shape index (κ2) is 18.5. The highest BCUT2D eigenvalue weighted by Crippen LogP contribution is 2.71. The average molecular weight is 919 g/mol. The van der Waals surface area contributed by atoms with Gasteiger partial charge >= 0.3 is 5.76 Å². The Kier molecular flexibility index (Phi) is 13.7. The SMILES string of the molecule is C=C1N=C(CC[C@@H](C)C2CCC3C4C(CC[C@@]32C)[C@@]2(C)CC[C@@H](O)C[C@H]2[C@@H](CC)[C@H]4O)NO1.CC[C@H]1[C@@H](O)C2C3CCC([C@H](C)CCc4n[nH]c(=O)o4)[C@@]3(C)CCC2[C@@]2(C)CC[C@@H](O)C[C@@H]12. The number of nitrogens with one attached hydrogen (secondary N) is 2. The molecular weight excluding hydrogens is 829 g/mol. The minimum Gasteiger partial charge on any atom is -0.393 e. The van der Waals surface area contributed by atoms with Crippen LogP contribution in [-0.2, 0) is 11.3 Å². The highest BCUT2D eigenvalue weighted by atomic mass is 16.7. The van der Waals surface area contributed by atoms with E-state index in [2.05, 4.69) is 82.6 Å². The van der Waals surface area contributed by atoms with E-state index in [4.69, 9.17) is 9.25 Å². The Morgan fingerprint density at radius 1 is 0.652 bits per heavy atom. The smallest absolute Gasteiger partial charge is 0.393 e. The minimum absolute atomic E-state index is 0.173. The molecule has 1 aromatic rings. The van der Waals surface area contributed by atoms with Crippen molar-refractivity contribution in [2.75, 3.05) is 0 Å². The first-order valence-corrected chi connectivity index (χ1v) is 27.3. The van der Waals surface area contributed by atoms with Gasteiger partial charge in [0, 0.05) is 12.8 Å². The van der Waals surface area contributed by atoms with Gasteiger partial charge in [0.15, 0.2) is 0 Å². The maximum Gasteiger partial charge on any atom is 0.434 e. The maximum absolute atomic E-state index is 11.8. The second-order valence-corrected chi connectivity index (χ2v) is 25.4. The fourth-order valence-corrected chi connectivity index (χ4v) is 19.8. The van der Waals surface area contributed by atoms with Gasteiger partial charge in [0.05, 0.1) is 24.4 Å². The minimum atomic E-state index is -0.470. The number of hydroxylamine groups is 1. The molecule has 372 valence electrons. The number of aliphatic hydroxyl groups excluding tert-OH is 4. The fourth-order valence-electron chi connectivity index (χ4n) is 19.8. The van der Waals surface area contributed by atoms with Crippen molar-refractivity contribution in [3.05, 3.63) is 28.9 Å². The van der Waals surface area contributed by atoms with Gasteiger partial charge in [-0.05, 0) is 214 Å². The number of hydrogen-bond donors (Lipinski definition) is 6. The Labute approximate surface area is 396 Å². The van der Waals surface area contributed by atoms with Crippen molar-refractivity contribution in [2.45, 2.75) is 208 Å². The van der Waals surface area contributed by atoms with Gasteiger partial charge < -0.3 is 29.7 Å². The summed E-state index contributed by atoms with van der Waals surface area (Å²) < 4.78 is 5.13. The summed E-state index contributed by atoms with van der Waals surface area (Å²) in [5.41, 5.74) is 4.03. The molecule has 11 nitrogen and oxygen atoms in total. The van der Waals surface area contributed by atoms with Gasteiger partial charge in [-0.2, -0.15) is 4.99 Å². The highest BCUT2D eigenvalue weighted by Gasteiger charge is 2.66. The number of aromatic amines is 1. The van der Waals surface area contributed by atoms with E-state index < -0.39 is 5.76 Å². The summed E-state index contributed by atoms with van der Waals surface area (Å²) in [6.07, 6.45) is 20.8. The van der Waals surface area contributed by atoms with Crippen molar-refractivity contribution >= 4 is 5.84 Å². The molecule has 0 aromatic carbocycles. The van der Waals surface area contributed by atoms with Crippen molar-refractivity contribution in [3.8, 4) is 0 Å². The Balaban J connectivity index is 0.000000166. The van der Waals surface area contributed by atoms with Gasteiger partial charge in [-0.3, -0.25) is 0 Å². The van der Waals surface area contributed by atoms with E-state index in [1.54, 1.807) is 0 Å². The lowest BCUT2D eigenvalue weighted by Crippen LogP contribution is -2.62. The number of aryl methyl sites for hydroxylation is 1. The molecule has 66 heavy (non-hydrogen) atoms. The zero-order valence-corrected chi connectivity index (χ0v) is 42.1. The number of fused-ring (bicyclic) bond motifs is 10. The molecule has 8 unspecified atom stereocenters. The predicted octanol–water partition coefficient (Wildman–Crippen LogP) is 9.99. The van der Waals surface area contributed by atoms with Crippen LogP contribution in [0.1, 0.15) is 183 Å². The summed E-state index contributed by atoms with van der Waals surface area (Å²) in [7, 11) is 0. The van der Waals surface area contributed by atoms with E-state index in [0.29, 0.717) is 106 Å². The molecule has 0 bridgehead atoms. The number of aliphatic imine (C=N–C) groups is 1. The van der Waals surface area contributed by atoms with E-state index >= 15 is 0 Å². The van der Waals surface area contributed by atoms with Crippen molar-refractivity contribution in [1.82, 2.24) is 15.7 Å². The molecule has 0 spiro atoms. The molecular formula is C55H90N4O7. The van der Waals surface area contributed by atoms with Crippen LogP contribution in [0.15, 0.2) is 26.7 Å². The summed E-state index contributed by atoms with van der Waals surface area (Å²) in [5, 5.41) is 51.0. The molecule has 1 aromatic heterocycles. The monoisotopic (exact) mass is 919 g/mol. The third-order valence-corrected chi connectivity index (χ3v) is 23.0. The van der Waals surface area contributed by atoms with Crippen molar-refractivity contribution in [3.63, 3.8) is 0 Å². The molecule has 0 amide bonds. The van der Waals surface area contributed by atoms with Gasteiger partial charge in [-0.25, -0.2) is 15.4 Å². The summed E-state index contributed by atoms with van der Waals surface area (Å²) >= 11 is 0. The summed E-state index contributed by atoms with van der Waals surface area (Å²) in [6.45, 7) is 23.2. The van der Waals surface area contributed by atoms with E-state index in [1.165, 1.54) is 51.4 Å². The lowest BCUT2D eigenvalue weighted by molar-refractivity contribution is -0.203. The molecule has 11 heteroatoms. The molecule has 6 N–H and O–H groups in total. The number of H-pyrrole nitrogens is 1. The first kappa shape index (κ1) is 48.8. The van der Waals surface area contributed by atoms with Crippen LogP contribution in [0.25, 0.3) is 0 Å². The first-order valence-electron chi connectivity index (χ1n) is 27.3. The predicted molar refractivity (Wildman–Crippen MR) is 257 cm³/mol. The molecule has 1 aliphatic heterocycles. The number of amidine groups is 1. The normalized spacial score (nSPS) is 49.0. The van der Waals surface area contributed by atoms with Crippen LogP contribution in [-0.4, -0.2) is 60.9 Å². The second-order valence-electron chi connectivity index (χ2n) is 25.4. The van der Waals surface area contributed by atoms with Crippen molar-refractivity contribution in [1.29, 1.82) is 0 Å². The van der Waals surface area contributed by atoms with Crippen LogP contribution in [0.4, 0.5) is 0 Å². The summed E-state index contributed by atoms with van der Waals surface area (Å²) in [6, 6.07) is 0. The van der Waals surface area contributed by atoms with Gasteiger partial charge in [-0.1, -0.05) is 68.2 Å². The quantitative estimate of drug-likeness (QED) is 0.134. The largest absolute Gasteiger partial charge is 0.434 e. The number of hydrogen-bond acceptors (Lipinski definition) is 10. The van der Waals surface area contributed by atoms with Crippen molar-refractivity contribution in [2.24, 2.45) is 110 Å². The molecule has 0 saturated heterocycles. The standard InChI is InChI=1S/C28H46N2O3.C27H44N2O4/c1-6-19-23-15-18(31)11-13-28(23,5)22-12-14-27(4)20(8-9-21(27)25(22)26(19)32)16(2)7-10-24-29-17(3)33-30-24;1-5-17-21-14-16(30)10-12-27(21,4)20-11-13-26(3)18(7-8-19(26)23(20)24(17)31)15(2)6-9-22-28-29-25(32)33-22/h16,18-23,25-26,31-32H,3,6-15H2,1-2,4-5H3,(H,29,30);15-21,23-24,30-31H,5-14H2,1-4H3,(H,29,32)/t16-,18-,19-,20?,21?,22?,23+,25?,26-,27-,28-;15-,16-,17-,18?,19?,20?,21+,23?,24-,26-,27-/m11/s1. The van der Waals surface area contributed by atoms with Crippen LogP contribution in [0.5, 0.6) is 0 Å². The number of aliphatic hydroxyl groups is 4. The van der Waals surface area contributed by atoms with Crippen molar-refractivity contribution < 1.29 is 29.7 Å². The first-order chi connectivity index (χ1) is 31.4. The average Bonchev–Trinajstić information content (AvgIpc) is 4.08. The molecule has 8 aliphatic carbocycles. The van der Waals surface area contributed by atoms with Gasteiger partial charge in [-0.15, -0.1) is 5.10 Å². The van der Waals surface area contributed by atoms with E-state index in [-0.39, 0.29) is 40.7 Å². The molecule has 8 saturated carbocycles. The molecule has 9 aliphatic rings. The van der Waals surface area contributed by atoms with E-state index in [0.717, 1.165) is 76.5 Å². The van der Waals surface area contributed by atoms with Crippen LogP contribution in [0, 0.1) is 105 Å². The van der Waals surface area contributed by atoms with E-state index in [1.807, 2.05) is 0 Å². The number of rotatable bonds is 10. The van der Waals surface area contributed by atoms with Crippen LogP contribution < -0.4 is 11.2 Å². The summed E-state index contributed by atoms with van der Waals surface area (Å²) in [4.78, 5) is 20.8. The number of nitrogens with zero attached hydrogens (tertiary/aromatic N) is 2. The lowest BCUT2D eigenvalue weighted by atomic mass is 9.41. The molecule has 8 fully saturated rings. The third-order valence-electron chi connectivity index (χ3n) is 23.0. The lowest BCUT2D eigenvalue weighted by Gasteiger charge is -2.64. The number of aromatic nitrogens is 2. The topological polar surface area (TPSA) is 173 Å². The zero-order chi connectivity index (χ0) is 47.1. The van der Waals surface area contributed by atoms with Gasteiger partial charge in [0.1, 0.15) is 5.84 Å². The Morgan fingerprint density at radius 2 is 1.11 bits per heavy atom. The molecule has 10 rings (SSSR count). The molecule has 22 atom stereocenters. The molecule has 2 heterocycles. The highest BCUT2D eigenvalue weighted by molar-refractivity contribution is 5.83. The maximum atomic E-state index is 11.8. The van der Waals surface area contributed by atoms with Crippen LogP contribution >= 0.6 is 0 Å². The van der Waals surface area contributed by atoms with Gasteiger partial charge in [0.2, 0.25) is 11.8 Å². The Morgan fingerprint density at radius 3 is 1.53 bits per heavy atom. The van der Waals surface area contributed by atoms with Crippen LogP contribution in [0.2, 0.25) is 0 Å². The van der Waals surface area contributed by atoms with Crippen LogP contribution in [0.3, 0.4) is 0 Å². The van der Waals surface area contributed by atoms with Gasteiger partial charge in [0.25, 0.3) is 0 Å². The Hall–Kier alpha value is -2.21. The third kappa shape index (κ3) is 8.11. The Bertz CT molecular complexity index is 1970. The zero-order valence-electron chi connectivity index (χ0n) is 42.1. The van der Waals surface area contributed by atoms with E-state index in [9.17, 15) is 25.2 Å².